The van der Waals surface area contributed by atoms with E-state index in [2.05, 4.69) is 4.99 Å². The number of amidine groups is 1. The third-order valence-electron chi connectivity index (χ3n) is 4.30. The van der Waals surface area contributed by atoms with Crippen molar-refractivity contribution in [1.82, 2.24) is 0 Å². The minimum atomic E-state index is -0.150. The number of hydrogen-bond donors (Lipinski definition) is 1. The Morgan fingerprint density at radius 3 is 2.38 bits per heavy atom. The number of rotatable bonds is 4. The molecule has 4 rings (SSSR count). The zero-order valence-electron chi connectivity index (χ0n) is 15.6. The van der Waals surface area contributed by atoms with Gasteiger partial charge in [0.15, 0.2) is 16.7 Å². The first-order valence-electron chi connectivity index (χ1n) is 8.95. The quantitative estimate of drug-likeness (QED) is 0.609. The van der Waals surface area contributed by atoms with Crippen molar-refractivity contribution in [3.63, 3.8) is 0 Å². The van der Waals surface area contributed by atoms with Crippen LogP contribution in [0.25, 0.3) is 6.08 Å². The molecule has 0 unspecified atom stereocenters. The summed E-state index contributed by atoms with van der Waals surface area (Å²) in [4.78, 5) is 20.0. The van der Waals surface area contributed by atoms with Crippen molar-refractivity contribution in [3.05, 3.63) is 89.3 Å². The maximum atomic E-state index is 13.2. The van der Waals surface area contributed by atoms with E-state index in [1.807, 2.05) is 60.7 Å². The third kappa shape index (κ3) is 4.02. The summed E-state index contributed by atoms with van der Waals surface area (Å²) in [5.74, 6) is 0.258. The summed E-state index contributed by atoms with van der Waals surface area (Å²) >= 11 is 1.31. The molecule has 1 saturated heterocycles. The van der Waals surface area contributed by atoms with E-state index in [-0.39, 0.29) is 11.7 Å². The first-order chi connectivity index (χ1) is 14.2. The zero-order chi connectivity index (χ0) is 20.2. The fourth-order valence-corrected chi connectivity index (χ4v) is 3.90. The number of benzene rings is 3. The molecule has 144 valence electrons. The van der Waals surface area contributed by atoms with Gasteiger partial charge in [-0.2, -0.15) is 0 Å². The number of aromatic hydroxyl groups is 1. The minimum absolute atomic E-state index is 0.0530. The van der Waals surface area contributed by atoms with Crippen LogP contribution in [0.2, 0.25) is 0 Å². The topological polar surface area (TPSA) is 62.1 Å². The Bertz CT molecular complexity index is 1100. The molecule has 0 saturated carbocycles. The highest BCUT2D eigenvalue weighted by molar-refractivity contribution is 8.19. The van der Waals surface area contributed by atoms with Gasteiger partial charge in [0.05, 0.1) is 23.4 Å². The number of nitrogens with zero attached hydrogens (tertiary/aromatic N) is 2. The van der Waals surface area contributed by atoms with Crippen LogP contribution >= 0.6 is 11.8 Å². The fourth-order valence-electron chi connectivity index (χ4n) is 2.90. The maximum absolute atomic E-state index is 13.2. The smallest absolute Gasteiger partial charge is 0.271 e. The Labute approximate surface area is 173 Å². The highest BCUT2D eigenvalue weighted by atomic mass is 32.2. The number of methoxy groups -OCH3 is 1. The highest BCUT2D eigenvalue weighted by Crippen LogP contribution is 2.38. The van der Waals surface area contributed by atoms with E-state index < -0.39 is 0 Å². The van der Waals surface area contributed by atoms with Gasteiger partial charge >= 0.3 is 0 Å². The largest absolute Gasteiger partial charge is 0.504 e. The van der Waals surface area contributed by atoms with E-state index >= 15 is 0 Å². The normalized spacial score (nSPS) is 16.6. The first-order valence-corrected chi connectivity index (χ1v) is 9.77. The van der Waals surface area contributed by atoms with Gasteiger partial charge in [0.25, 0.3) is 5.91 Å². The average molecular weight is 402 g/mol. The standard InChI is InChI=1S/C23H18N2O3S/c1-28-20-14-16(12-13-19(20)26)15-21-22(27)25(18-10-6-3-7-11-18)23(29-21)24-17-8-4-2-5-9-17/h2-15,26H,1H3/b21-15+,24-23?. The van der Waals surface area contributed by atoms with Gasteiger partial charge in [-0.3, -0.25) is 9.69 Å². The van der Waals surface area contributed by atoms with Crippen molar-refractivity contribution < 1.29 is 14.6 Å². The Balaban J connectivity index is 1.76. The molecule has 0 spiro atoms. The van der Waals surface area contributed by atoms with Crippen LogP contribution in [0, 0.1) is 0 Å². The number of carbonyl (C=O) groups excluding carboxylic acids is 1. The molecule has 29 heavy (non-hydrogen) atoms. The van der Waals surface area contributed by atoms with Gasteiger partial charge < -0.3 is 9.84 Å². The second kappa shape index (κ2) is 8.24. The number of thioether (sulfide) groups is 1. The Hall–Kier alpha value is -3.51. The number of hydrogen-bond acceptors (Lipinski definition) is 5. The molecule has 0 aromatic heterocycles. The van der Waals surface area contributed by atoms with E-state index in [9.17, 15) is 9.90 Å². The number of ether oxygens (including phenoxy) is 1. The molecule has 1 N–H and O–H groups in total. The lowest BCUT2D eigenvalue weighted by atomic mass is 10.2. The molecule has 3 aromatic rings. The maximum Gasteiger partial charge on any atom is 0.271 e. The van der Waals surface area contributed by atoms with Crippen molar-refractivity contribution in [2.45, 2.75) is 0 Å². The Kier molecular flexibility index (Phi) is 5.35. The predicted molar refractivity (Wildman–Crippen MR) is 118 cm³/mol. The van der Waals surface area contributed by atoms with Gasteiger partial charge in [-0.15, -0.1) is 0 Å². The van der Waals surface area contributed by atoms with Crippen molar-refractivity contribution in [1.29, 1.82) is 0 Å². The number of para-hydroxylation sites is 2. The number of phenols is 1. The van der Waals surface area contributed by atoms with Crippen LogP contribution in [-0.4, -0.2) is 23.3 Å². The molecule has 0 bridgehead atoms. The van der Waals surface area contributed by atoms with E-state index in [1.54, 1.807) is 29.2 Å². The number of carbonyl (C=O) groups is 1. The Morgan fingerprint density at radius 1 is 1.00 bits per heavy atom. The van der Waals surface area contributed by atoms with Gasteiger partial charge in [-0.05, 0) is 59.8 Å². The SMILES string of the molecule is COc1cc(/C=C2/SC(=Nc3ccccc3)N(c3ccccc3)C2=O)ccc1O. The summed E-state index contributed by atoms with van der Waals surface area (Å²) < 4.78 is 5.16. The van der Waals surface area contributed by atoms with Crippen molar-refractivity contribution in [2.75, 3.05) is 12.0 Å². The van der Waals surface area contributed by atoms with Crippen LogP contribution in [0.3, 0.4) is 0 Å². The molecule has 5 nitrogen and oxygen atoms in total. The molecular formula is C23H18N2O3S. The minimum Gasteiger partial charge on any atom is -0.504 e. The predicted octanol–water partition coefficient (Wildman–Crippen LogP) is 5.21. The molecule has 1 aliphatic heterocycles. The molecule has 1 amide bonds. The first kappa shape index (κ1) is 18.8. The lowest BCUT2D eigenvalue weighted by Crippen LogP contribution is -2.28. The molecule has 6 heteroatoms. The average Bonchev–Trinajstić information content (AvgIpc) is 3.05. The highest BCUT2D eigenvalue weighted by Gasteiger charge is 2.34. The van der Waals surface area contributed by atoms with Crippen LogP contribution < -0.4 is 9.64 Å². The molecule has 0 radical (unpaired) electrons. The third-order valence-corrected chi connectivity index (χ3v) is 5.27. The molecule has 3 aromatic carbocycles. The van der Waals surface area contributed by atoms with Gasteiger partial charge in [-0.1, -0.05) is 42.5 Å². The monoisotopic (exact) mass is 402 g/mol. The van der Waals surface area contributed by atoms with Crippen LogP contribution in [0.1, 0.15) is 5.56 Å². The molecule has 1 heterocycles. The summed E-state index contributed by atoms with van der Waals surface area (Å²) in [6, 6.07) is 24.0. The van der Waals surface area contributed by atoms with Gasteiger partial charge in [0, 0.05) is 0 Å². The van der Waals surface area contributed by atoms with E-state index in [0.717, 1.165) is 16.9 Å². The lowest BCUT2D eigenvalue weighted by molar-refractivity contribution is -0.113. The van der Waals surface area contributed by atoms with Crippen molar-refractivity contribution >= 4 is 40.3 Å². The summed E-state index contributed by atoms with van der Waals surface area (Å²) in [6.45, 7) is 0. The van der Waals surface area contributed by atoms with Gasteiger partial charge in [0.2, 0.25) is 0 Å². The summed E-state index contributed by atoms with van der Waals surface area (Å²) in [5.41, 5.74) is 2.28. The molecule has 0 aliphatic carbocycles. The van der Waals surface area contributed by atoms with E-state index in [0.29, 0.717) is 15.8 Å². The molecule has 1 aliphatic rings. The lowest BCUT2D eigenvalue weighted by Gasteiger charge is -2.15. The van der Waals surface area contributed by atoms with Crippen LogP contribution in [0.5, 0.6) is 11.5 Å². The van der Waals surface area contributed by atoms with Crippen molar-refractivity contribution in [2.24, 2.45) is 4.99 Å². The van der Waals surface area contributed by atoms with Crippen LogP contribution in [-0.2, 0) is 4.79 Å². The number of anilines is 1. The number of aliphatic imine (C=N–C) groups is 1. The van der Waals surface area contributed by atoms with Gasteiger partial charge in [-0.25, -0.2) is 4.99 Å². The summed E-state index contributed by atoms with van der Waals surface area (Å²) in [5, 5.41) is 10.4. The summed E-state index contributed by atoms with van der Waals surface area (Å²) in [7, 11) is 1.49. The Morgan fingerprint density at radius 2 is 1.69 bits per heavy atom. The second-order valence-electron chi connectivity index (χ2n) is 6.25. The van der Waals surface area contributed by atoms with Crippen LogP contribution in [0.15, 0.2) is 88.8 Å². The molecular weight excluding hydrogens is 384 g/mol. The van der Waals surface area contributed by atoms with Crippen molar-refractivity contribution in [3.8, 4) is 11.5 Å². The van der Waals surface area contributed by atoms with E-state index in [4.69, 9.17) is 4.74 Å². The van der Waals surface area contributed by atoms with Crippen LogP contribution in [0.4, 0.5) is 11.4 Å². The molecule has 1 fully saturated rings. The zero-order valence-corrected chi connectivity index (χ0v) is 16.5. The molecule has 0 atom stereocenters. The second-order valence-corrected chi connectivity index (χ2v) is 7.26. The van der Waals surface area contributed by atoms with E-state index in [1.165, 1.54) is 18.9 Å². The number of amides is 1. The fraction of sp³-hybridized carbons (Fsp3) is 0.0435. The van der Waals surface area contributed by atoms with Gasteiger partial charge in [0.1, 0.15) is 0 Å². The number of phenolic OH excluding ortho intramolecular Hbond substituents is 1. The summed E-state index contributed by atoms with van der Waals surface area (Å²) in [6.07, 6.45) is 1.78.